The van der Waals surface area contributed by atoms with Gasteiger partial charge in [-0.2, -0.15) is 0 Å². The summed E-state index contributed by atoms with van der Waals surface area (Å²) in [5.74, 6) is 0.322. The molecule has 146 valence electrons. The molecule has 2 aromatic rings. The Hall–Kier alpha value is -2.70. The average Bonchev–Trinajstić information content (AvgIpc) is 2.58. The first kappa shape index (κ1) is 20.6. The molecule has 1 aromatic carbocycles. The zero-order valence-corrected chi connectivity index (χ0v) is 16.5. The van der Waals surface area contributed by atoms with Gasteiger partial charge in [0.05, 0.1) is 17.4 Å². The highest BCUT2D eigenvalue weighted by Gasteiger charge is 2.19. The third kappa shape index (κ3) is 6.20. The van der Waals surface area contributed by atoms with Crippen LogP contribution in [-0.4, -0.2) is 45.3 Å². The molecule has 2 amide bonds. The number of nitrogens with zero attached hydrogens (tertiary/aromatic N) is 2. The summed E-state index contributed by atoms with van der Waals surface area (Å²) in [5, 5.41) is 3.42. The molecule has 0 aliphatic rings. The molecule has 0 spiro atoms. The number of nitrogens with one attached hydrogen (secondary N) is 2. The van der Waals surface area contributed by atoms with Gasteiger partial charge in [0, 0.05) is 24.9 Å². The van der Waals surface area contributed by atoms with Crippen LogP contribution in [0.1, 0.15) is 46.4 Å². The minimum atomic E-state index is -0.326. The summed E-state index contributed by atoms with van der Waals surface area (Å²) in [6, 6.07) is 7.17. The van der Waals surface area contributed by atoms with Crippen LogP contribution in [0.2, 0.25) is 0 Å². The summed E-state index contributed by atoms with van der Waals surface area (Å²) in [4.78, 5) is 45.3. The Morgan fingerprint density at radius 1 is 1.22 bits per heavy atom. The standard InChI is InChI=1S/C20H28N4O3/c1-5-24(13-17(25)23-20(2,3)4)18(26)12-8-11-16-21-15-10-7-6-9-14(15)19(27)22-16/h6-7,9-10H,5,8,11-13H2,1-4H3,(H,23,25)(H,21,22,27). The van der Waals surface area contributed by atoms with Gasteiger partial charge in [-0.1, -0.05) is 12.1 Å². The molecule has 0 fully saturated rings. The zero-order valence-electron chi connectivity index (χ0n) is 16.5. The first-order valence-electron chi connectivity index (χ1n) is 9.26. The molecule has 1 heterocycles. The molecule has 0 saturated carbocycles. The van der Waals surface area contributed by atoms with Gasteiger partial charge in [-0.3, -0.25) is 14.4 Å². The maximum Gasteiger partial charge on any atom is 0.258 e. The molecule has 0 radical (unpaired) electrons. The van der Waals surface area contributed by atoms with Gasteiger partial charge in [0.2, 0.25) is 11.8 Å². The molecule has 0 unspecified atom stereocenters. The van der Waals surface area contributed by atoms with E-state index in [9.17, 15) is 14.4 Å². The predicted octanol–water partition coefficient (Wildman–Crippen LogP) is 2.01. The van der Waals surface area contributed by atoms with E-state index in [4.69, 9.17) is 0 Å². The molecule has 2 rings (SSSR count). The number of benzene rings is 1. The van der Waals surface area contributed by atoms with E-state index < -0.39 is 0 Å². The van der Waals surface area contributed by atoms with Crippen molar-refractivity contribution in [1.82, 2.24) is 20.2 Å². The Morgan fingerprint density at radius 3 is 2.59 bits per heavy atom. The number of hydrogen-bond donors (Lipinski definition) is 2. The fraction of sp³-hybridized carbons (Fsp3) is 0.500. The first-order valence-corrected chi connectivity index (χ1v) is 9.26. The predicted molar refractivity (Wildman–Crippen MR) is 105 cm³/mol. The van der Waals surface area contributed by atoms with Gasteiger partial charge in [-0.25, -0.2) is 4.98 Å². The van der Waals surface area contributed by atoms with Crippen molar-refractivity contribution in [2.24, 2.45) is 0 Å². The SMILES string of the molecule is CCN(CC(=O)NC(C)(C)C)C(=O)CCCc1nc2ccccc2c(=O)[nH]1. The van der Waals surface area contributed by atoms with E-state index in [1.807, 2.05) is 33.8 Å². The van der Waals surface area contributed by atoms with E-state index in [-0.39, 0.29) is 29.5 Å². The lowest BCUT2D eigenvalue weighted by atomic mass is 10.1. The number of aryl methyl sites for hydroxylation is 1. The van der Waals surface area contributed by atoms with E-state index in [1.54, 1.807) is 18.2 Å². The summed E-state index contributed by atoms with van der Waals surface area (Å²) in [7, 11) is 0. The van der Waals surface area contributed by atoms with Crippen molar-refractivity contribution < 1.29 is 9.59 Å². The molecule has 27 heavy (non-hydrogen) atoms. The number of H-pyrrole nitrogens is 1. The van der Waals surface area contributed by atoms with E-state index in [1.165, 1.54) is 4.90 Å². The highest BCUT2D eigenvalue weighted by atomic mass is 16.2. The largest absolute Gasteiger partial charge is 0.350 e. The summed E-state index contributed by atoms with van der Waals surface area (Å²) < 4.78 is 0. The number of amides is 2. The van der Waals surface area contributed by atoms with Gasteiger partial charge >= 0.3 is 0 Å². The molecular weight excluding hydrogens is 344 g/mol. The van der Waals surface area contributed by atoms with Gasteiger partial charge in [-0.05, 0) is 46.2 Å². The van der Waals surface area contributed by atoms with E-state index in [2.05, 4.69) is 15.3 Å². The fourth-order valence-electron chi connectivity index (χ4n) is 2.83. The van der Waals surface area contributed by atoms with Crippen LogP contribution in [0.25, 0.3) is 10.9 Å². The van der Waals surface area contributed by atoms with Crippen molar-refractivity contribution >= 4 is 22.7 Å². The highest BCUT2D eigenvalue weighted by Crippen LogP contribution is 2.08. The van der Waals surface area contributed by atoms with Crippen LogP contribution < -0.4 is 10.9 Å². The Kier molecular flexibility index (Phi) is 6.71. The molecule has 0 aliphatic carbocycles. The molecule has 0 saturated heterocycles. The second kappa shape index (κ2) is 8.79. The topological polar surface area (TPSA) is 95.2 Å². The van der Waals surface area contributed by atoms with Gasteiger partial charge in [0.1, 0.15) is 5.82 Å². The number of rotatable bonds is 7. The van der Waals surface area contributed by atoms with Crippen molar-refractivity contribution in [3.63, 3.8) is 0 Å². The van der Waals surface area contributed by atoms with Crippen LogP contribution in [-0.2, 0) is 16.0 Å². The molecule has 0 aliphatic heterocycles. The molecule has 7 nitrogen and oxygen atoms in total. The van der Waals surface area contributed by atoms with Crippen LogP contribution in [0.5, 0.6) is 0 Å². The number of para-hydroxylation sites is 1. The van der Waals surface area contributed by atoms with Gasteiger partial charge in [0.15, 0.2) is 0 Å². The normalized spacial score (nSPS) is 11.4. The summed E-state index contributed by atoms with van der Waals surface area (Å²) in [6.45, 7) is 8.09. The zero-order chi connectivity index (χ0) is 20.0. The van der Waals surface area contributed by atoms with Gasteiger partial charge in [0.25, 0.3) is 5.56 Å². The maximum atomic E-state index is 12.4. The van der Waals surface area contributed by atoms with Crippen molar-refractivity contribution in [1.29, 1.82) is 0 Å². The number of fused-ring (bicyclic) bond motifs is 1. The smallest absolute Gasteiger partial charge is 0.258 e. The Balaban J connectivity index is 1.91. The number of aromatic amines is 1. The molecule has 1 aromatic heterocycles. The Morgan fingerprint density at radius 2 is 1.93 bits per heavy atom. The van der Waals surface area contributed by atoms with E-state index in [0.29, 0.717) is 42.5 Å². The van der Waals surface area contributed by atoms with Crippen LogP contribution in [0.15, 0.2) is 29.1 Å². The Labute approximate surface area is 159 Å². The third-order valence-electron chi connectivity index (χ3n) is 4.05. The molecule has 0 bridgehead atoms. The van der Waals surface area contributed by atoms with Crippen molar-refractivity contribution in [3.05, 3.63) is 40.4 Å². The lowest BCUT2D eigenvalue weighted by Gasteiger charge is -2.25. The minimum absolute atomic E-state index is 0.0532. The first-order chi connectivity index (χ1) is 12.7. The average molecular weight is 372 g/mol. The van der Waals surface area contributed by atoms with E-state index in [0.717, 1.165) is 0 Å². The van der Waals surface area contributed by atoms with Crippen LogP contribution in [0, 0.1) is 0 Å². The van der Waals surface area contributed by atoms with Gasteiger partial charge < -0.3 is 15.2 Å². The van der Waals surface area contributed by atoms with Crippen molar-refractivity contribution in [3.8, 4) is 0 Å². The second-order valence-corrected chi connectivity index (χ2v) is 7.59. The monoisotopic (exact) mass is 372 g/mol. The van der Waals surface area contributed by atoms with Gasteiger partial charge in [-0.15, -0.1) is 0 Å². The summed E-state index contributed by atoms with van der Waals surface area (Å²) in [5.41, 5.74) is 0.153. The van der Waals surface area contributed by atoms with Crippen LogP contribution in [0.3, 0.4) is 0 Å². The van der Waals surface area contributed by atoms with Crippen LogP contribution in [0.4, 0.5) is 0 Å². The number of carbonyl (C=O) groups excluding carboxylic acids is 2. The molecule has 7 heteroatoms. The highest BCUT2D eigenvalue weighted by molar-refractivity contribution is 5.85. The van der Waals surface area contributed by atoms with E-state index >= 15 is 0 Å². The number of carbonyl (C=O) groups is 2. The lowest BCUT2D eigenvalue weighted by Crippen LogP contribution is -2.47. The Bertz CT molecular complexity index is 867. The lowest BCUT2D eigenvalue weighted by molar-refractivity contribution is -0.136. The van der Waals surface area contributed by atoms with Crippen LogP contribution >= 0.6 is 0 Å². The molecule has 0 atom stereocenters. The number of aromatic nitrogens is 2. The van der Waals surface area contributed by atoms with Crippen molar-refractivity contribution in [2.45, 2.75) is 52.5 Å². The molecular formula is C20H28N4O3. The minimum Gasteiger partial charge on any atom is -0.350 e. The molecule has 2 N–H and O–H groups in total. The third-order valence-corrected chi connectivity index (χ3v) is 4.05. The summed E-state index contributed by atoms with van der Waals surface area (Å²) >= 11 is 0. The number of hydrogen-bond acceptors (Lipinski definition) is 4. The second-order valence-electron chi connectivity index (χ2n) is 7.59. The van der Waals surface area contributed by atoms with Crippen molar-refractivity contribution in [2.75, 3.05) is 13.1 Å². The summed E-state index contributed by atoms with van der Waals surface area (Å²) in [6.07, 6.45) is 1.35. The number of likely N-dealkylation sites (N-methyl/N-ethyl adjacent to an activating group) is 1. The fourth-order valence-corrected chi connectivity index (χ4v) is 2.83. The maximum absolute atomic E-state index is 12.4. The quantitative estimate of drug-likeness (QED) is 0.777.